The molecule has 0 saturated heterocycles. The lowest BCUT2D eigenvalue weighted by atomic mass is 10.0. The molecule has 3 heteroatoms. The highest BCUT2D eigenvalue weighted by Crippen LogP contribution is 2.60. The van der Waals surface area contributed by atoms with E-state index in [-0.39, 0.29) is 5.75 Å². The summed E-state index contributed by atoms with van der Waals surface area (Å²) in [6.45, 7) is 1.81. The molecule has 18 heavy (non-hydrogen) atoms. The lowest BCUT2D eigenvalue weighted by molar-refractivity contribution is 0.366. The lowest BCUT2D eigenvalue weighted by Crippen LogP contribution is -2.25. The van der Waals surface area contributed by atoms with Gasteiger partial charge in [-0.3, -0.25) is 0 Å². The Bertz CT molecular complexity index is 436. The molecule has 0 spiro atoms. The Morgan fingerprint density at radius 2 is 2.17 bits per heavy atom. The third-order valence-corrected chi connectivity index (χ3v) is 4.43. The van der Waals surface area contributed by atoms with Crippen molar-refractivity contribution in [1.82, 2.24) is 5.32 Å². The van der Waals surface area contributed by atoms with E-state index in [0.29, 0.717) is 11.2 Å². The van der Waals surface area contributed by atoms with Gasteiger partial charge in [0.1, 0.15) is 0 Å². The van der Waals surface area contributed by atoms with Crippen LogP contribution in [0.3, 0.4) is 0 Å². The minimum Gasteiger partial charge on any atom is -0.504 e. The van der Waals surface area contributed by atoms with Gasteiger partial charge >= 0.3 is 0 Å². The molecule has 0 amide bonds. The van der Waals surface area contributed by atoms with Crippen LogP contribution in [-0.2, 0) is 6.54 Å². The second kappa shape index (κ2) is 4.47. The Balaban J connectivity index is 1.56. The molecule has 3 nitrogen and oxygen atoms in total. The van der Waals surface area contributed by atoms with Gasteiger partial charge in [0.2, 0.25) is 0 Å². The molecule has 2 saturated carbocycles. The van der Waals surface area contributed by atoms with Crippen molar-refractivity contribution in [1.29, 1.82) is 0 Å². The number of rotatable bonds is 6. The molecule has 0 aromatic heterocycles. The van der Waals surface area contributed by atoms with E-state index in [4.69, 9.17) is 4.74 Å². The van der Waals surface area contributed by atoms with E-state index < -0.39 is 0 Å². The molecule has 0 unspecified atom stereocenters. The van der Waals surface area contributed by atoms with Gasteiger partial charge in [-0.05, 0) is 43.1 Å². The van der Waals surface area contributed by atoms with Crippen molar-refractivity contribution in [3.63, 3.8) is 0 Å². The topological polar surface area (TPSA) is 41.5 Å². The molecular weight excluding hydrogens is 226 g/mol. The van der Waals surface area contributed by atoms with Crippen LogP contribution in [0.4, 0.5) is 0 Å². The lowest BCUT2D eigenvalue weighted by Gasteiger charge is -2.16. The molecular formula is C15H21NO2. The summed E-state index contributed by atoms with van der Waals surface area (Å²) in [6, 6.07) is 5.65. The second-order valence-electron chi connectivity index (χ2n) is 5.71. The molecule has 2 fully saturated rings. The number of ether oxygens (including phenoxy) is 1. The van der Waals surface area contributed by atoms with Crippen LogP contribution >= 0.6 is 0 Å². The molecule has 1 aromatic rings. The molecule has 1 aromatic carbocycles. The van der Waals surface area contributed by atoms with Gasteiger partial charge in [-0.15, -0.1) is 0 Å². The molecule has 0 radical (unpaired) electrons. The maximum absolute atomic E-state index is 9.99. The molecule has 2 N–H and O–H groups in total. The molecule has 2 aliphatic rings. The molecule has 0 bridgehead atoms. The average molecular weight is 247 g/mol. The summed E-state index contributed by atoms with van der Waals surface area (Å²) in [7, 11) is 1.58. The molecule has 98 valence electrons. The number of nitrogens with one attached hydrogen (secondary N) is 1. The molecule has 2 aliphatic carbocycles. The zero-order valence-electron chi connectivity index (χ0n) is 10.9. The van der Waals surface area contributed by atoms with Crippen LogP contribution in [-0.4, -0.2) is 18.8 Å². The first-order chi connectivity index (χ1) is 8.75. The van der Waals surface area contributed by atoms with Crippen LogP contribution in [0.1, 0.15) is 31.2 Å². The van der Waals surface area contributed by atoms with Gasteiger partial charge in [0.25, 0.3) is 0 Å². The minimum absolute atomic E-state index is 0.267. The normalized spacial score (nSPS) is 20.7. The zero-order chi connectivity index (χ0) is 12.6. The van der Waals surface area contributed by atoms with Crippen LogP contribution in [0.5, 0.6) is 11.5 Å². The third-order valence-electron chi connectivity index (χ3n) is 4.43. The van der Waals surface area contributed by atoms with Gasteiger partial charge in [-0.25, -0.2) is 0 Å². The van der Waals surface area contributed by atoms with E-state index in [1.54, 1.807) is 13.2 Å². The standard InChI is InChI=1S/C15H21NO2/c1-18-13-4-2-3-11(14(13)17)9-16-10-15(7-8-15)12-5-6-12/h2-4,12,16-17H,5-10H2,1H3. The summed E-state index contributed by atoms with van der Waals surface area (Å²) < 4.78 is 5.12. The Labute approximate surface area is 108 Å². The summed E-state index contributed by atoms with van der Waals surface area (Å²) in [5.74, 6) is 1.80. The Morgan fingerprint density at radius 3 is 2.78 bits per heavy atom. The largest absolute Gasteiger partial charge is 0.504 e. The first-order valence-electron chi connectivity index (χ1n) is 6.81. The van der Waals surface area contributed by atoms with E-state index in [9.17, 15) is 5.11 Å². The summed E-state index contributed by atoms with van der Waals surface area (Å²) in [4.78, 5) is 0. The predicted molar refractivity (Wildman–Crippen MR) is 70.8 cm³/mol. The second-order valence-corrected chi connectivity index (χ2v) is 5.71. The highest BCUT2D eigenvalue weighted by atomic mass is 16.5. The van der Waals surface area contributed by atoms with E-state index in [1.165, 1.54) is 25.7 Å². The minimum atomic E-state index is 0.267. The summed E-state index contributed by atoms with van der Waals surface area (Å²) in [5.41, 5.74) is 1.52. The summed E-state index contributed by atoms with van der Waals surface area (Å²) >= 11 is 0. The number of aromatic hydroxyl groups is 1. The van der Waals surface area contributed by atoms with Crippen molar-refractivity contribution in [2.45, 2.75) is 32.2 Å². The van der Waals surface area contributed by atoms with Crippen molar-refractivity contribution in [3.8, 4) is 11.5 Å². The number of phenols is 1. The van der Waals surface area contributed by atoms with Gasteiger partial charge in [-0.1, -0.05) is 12.1 Å². The Morgan fingerprint density at radius 1 is 1.39 bits per heavy atom. The first kappa shape index (κ1) is 11.8. The van der Waals surface area contributed by atoms with E-state index >= 15 is 0 Å². The van der Waals surface area contributed by atoms with Crippen LogP contribution in [0, 0.1) is 11.3 Å². The van der Waals surface area contributed by atoms with Crippen molar-refractivity contribution in [2.24, 2.45) is 11.3 Å². The van der Waals surface area contributed by atoms with Gasteiger partial charge in [0.15, 0.2) is 11.5 Å². The molecule has 3 rings (SSSR count). The zero-order valence-corrected chi connectivity index (χ0v) is 10.9. The van der Waals surface area contributed by atoms with Gasteiger partial charge in [0, 0.05) is 18.7 Å². The SMILES string of the molecule is COc1cccc(CNCC2(C3CC3)CC2)c1O. The molecule has 0 aliphatic heterocycles. The number of para-hydroxylation sites is 1. The van der Waals surface area contributed by atoms with Crippen molar-refractivity contribution >= 4 is 0 Å². The summed E-state index contributed by atoms with van der Waals surface area (Å²) in [5, 5.41) is 13.5. The van der Waals surface area contributed by atoms with Crippen LogP contribution in [0.2, 0.25) is 0 Å². The highest BCUT2D eigenvalue weighted by molar-refractivity contribution is 5.45. The van der Waals surface area contributed by atoms with Crippen LogP contribution < -0.4 is 10.1 Å². The van der Waals surface area contributed by atoms with Gasteiger partial charge in [-0.2, -0.15) is 0 Å². The van der Waals surface area contributed by atoms with Gasteiger partial charge in [0.05, 0.1) is 7.11 Å². The fraction of sp³-hybridized carbons (Fsp3) is 0.600. The quantitative estimate of drug-likeness (QED) is 0.812. The predicted octanol–water partition coefficient (Wildman–Crippen LogP) is 2.68. The number of hydrogen-bond acceptors (Lipinski definition) is 3. The van der Waals surface area contributed by atoms with E-state index in [1.807, 2.05) is 12.1 Å². The fourth-order valence-corrected chi connectivity index (χ4v) is 2.91. The van der Waals surface area contributed by atoms with Crippen LogP contribution in [0.25, 0.3) is 0 Å². The van der Waals surface area contributed by atoms with Gasteiger partial charge < -0.3 is 15.2 Å². The maximum atomic E-state index is 9.99. The highest BCUT2D eigenvalue weighted by Gasteiger charge is 2.53. The third kappa shape index (κ3) is 2.19. The summed E-state index contributed by atoms with van der Waals surface area (Å²) in [6.07, 6.45) is 5.61. The van der Waals surface area contributed by atoms with Crippen molar-refractivity contribution in [2.75, 3.05) is 13.7 Å². The monoisotopic (exact) mass is 247 g/mol. The molecule has 0 atom stereocenters. The number of methoxy groups -OCH3 is 1. The van der Waals surface area contributed by atoms with Crippen molar-refractivity contribution in [3.05, 3.63) is 23.8 Å². The fourth-order valence-electron chi connectivity index (χ4n) is 2.91. The first-order valence-corrected chi connectivity index (χ1v) is 6.81. The molecule has 0 heterocycles. The van der Waals surface area contributed by atoms with Crippen LogP contribution in [0.15, 0.2) is 18.2 Å². The average Bonchev–Trinajstić information content (AvgIpc) is 3.25. The van der Waals surface area contributed by atoms with Crippen molar-refractivity contribution < 1.29 is 9.84 Å². The van der Waals surface area contributed by atoms with E-state index in [0.717, 1.165) is 24.6 Å². The Kier molecular flexibility index (Phi) is 2.94. The smallest absolute Gasteiger partial charge is 0.162 e. The Hall–Kier alpha value is -1.22. The number of hydrogen-bond donors (Lipinski definition) is 2. The van der Waals surface area contributed by atoms with E-state index in [2.05, 4.69) is 5.32 Å². The maximum Gasteiger partial charge on any atom is 0.162 e. The number of benzene rings is 1. The number of phenolic OH excluding ortho intramolecular Hbond substituents is 1.